The highest BCUT2D eigenvalue weighted by Crippen LogP contribution is 2.16. The Balaban J connectivity index is 2.12. The van der Waals surface area contributed by atoms with Crippen LogP contribution in [-0.2, 0) is 6.42 Å². The van der Waals surface area contributed by atoms with E-state index < -0.39 is 6.10 Å². The number of aliphatic hydroxyl groups excluding tert-OH is 1. The van der Waals surface area contributed by atoms with Crippen LogP contribution < -0.4 is 0 Å². The van der Waals surface area contributed by atoms with Gasteiger partial charge in [-0.05, 0) is 24.6 Å². The average Bonchev–Trinajstić information content (AvgIpc) is 2.30. The SMILES string of the molecule is Cc1cccc(C(O)Cc2ccccc2)n1. The predicted molar refractivity (Wildman–Crippen MR) is 64.1 cm³/mol. The second kappa shape index (κ2) is 4.90. The summed E-state index contributed by atoms with van der Waals surface area (Å²) in [6.07, 6.45) is 0.0828. The van der Waals surface area contributed by atoms with Crippen LogP contribution in [0.4, 0.5) is 0 Å². The third kappa shape index (κ3) is 2.67. The van der Waals surface area contributed by atoms with E-state index in [4.69, 9.17) is 0 Å². The maximum Gasteiger partial charge on any atom is 0.1000 e. The second-order valence-corrected chi connectivity index (χ2v) is 3.91. The predicted octanol–water partition coefficient (Wildman–Crippen LogP) is 2.67. The fourth-order valence-electron chi connectivity index (χ4n) is 1.69. The Morgan fingerprint density at radius 2 is 1.81 bits per heavy atom. The summed E-state index contributed by atoms with van der Waals surface area (Å²) in [5, 5.41) is 10.0. The van der Waals surface area contributed by atoms with E-state index in [9.17, 15) is 5.11 Å². The summed E-state index contributed by atoms with van der Waals surface area (Å²) >= 11 is 0. The molecule has 1 aromatic heterocycles. The normalized spacial score (nSPS) is 12.4. The summed E-state index contributed by atoms with van der Waals surface area (Å²) in [6.45, 7) is 1.93. The molecule has 0 amide bonds. The van der Waals surface area contributed by atoms with Crippen LogP contribution in [0.25, 0.3) is 0 Å². The first-order valence-corrected chi connectivity index (χ1v) is 5.41. The number of hydrogen-bond donors (Lipinski definition) is 1. The van der Waals surface area contributed by atoms with Crippen molar-refractivity contribution in [2.75, 3.05) is 0 Å². The lowest BCUT2D eigenvalue weighted by atomic mass is 10.1. The number of pyridine rings is 1. The van der Waals surface area contributed by atoms with Gasteiger partial charge in [-0.1, -0.05) is 36.4 Å². The number of aryl methyl sites for hydroxylation is 1. The minimum absolute atomic E-state index is 0.526. The van der Waals surface area contributed by atoms with Gasteiger partial charge in [0.15, 0.2) is 0 Å². The first-order chi connectivity index (χ1) is 7.75. The highest BCUT2D eigenvalue weighted by molar-refractivity contribution is 5.19. The number of aliphatic hydroxyl groups is 1. The van der Waals surface area contributed by atoms with Gasteiger partial charge in [0.25, 0.3) is 0 Å². The molecule has 0 saturated carbocycles. The monoisotopic (exact) mass is 213 g/mol. The maximum absolute atomic E-state index is 10.0. The molecule has 2 heteroatoms. The van der Waals surface area contributed by atoms with Crippen LogP contribution in [0.2, 0.25) is 0 Å². The number of hydrogen-bond acceptors (Lipinski definition) is 2. The Hall–Kier alpha value is -1.67. The molecule has 82 valence electrons. The highest BCUT2D eigenvalue weighted by Gasteiger charge is 2.09. The molecular formula is C14H15NO. The number of nitrogens with zero attached hydrogens (tertiary/aromatic N) is 1. The Morgan fingerprint density at radius 3 is 2.50 bits per heavy atom. The first kappa shape index (κ1) is 10.8. The number of benzene rings is 1. The van der Waals surface area contributed by atoms with Crippen molar-refractivity contribution in [1.82, 2.24) is 4.98 Å². The molecule has 1 atom stereocenters. The van der Waals surface area contributed by atoms with Gasteiger partial charge in [0.1, 0.15) is 0 Å². The fraction of sp³-hybridized carbons (Fsp3) is 0.214. The van der Waals surface area contributed by atoms with E-state index in [0.29, 0.717) is 6.42 Å². The van der Waals surface area contributed by atoms with Crippen LogP contribution in [-0.4, -0.2) is 10.1 Å². The number of rotatable bonds is 3. The lowest BCUT2D eigenvalue weighted by molar-refractivity contribution is 0.173. The van der Waals surface area contributed by atoms with Crippen molar-refractivity contribution in [3.63, 3.8) is 0 Å². The smallest absolute Gasteiger partial charge is 0.1000 e. The molecule has 2 aromatic rings. The average molecular weight is 213 g/mol. The molecule has 1 aromatic carbocycles. The largest absolute Gasteiger partial charge is 0.386 e. The molecule has 1 unspecified atom stereocenters. The van der Waals surface area contributed by atoms with Gasteiger partial charge in [0, 0.05) is 12.1 Å². The molecule has 16 heavy (non-hydrogen) atoms. The molecule has 0 saturated heterocycles. The quantitative estimate of drug-likeness (QED) is 0.850. The zero-order valence-corrected chi connectivity index (χ0v) is 9.30. The molecule has 0 radical (unpaired) electrons. The van der Waals surface area contributed by atoms with Gasteiger partial charge in [-0.2, -0.15) is 0 Å². The van der Waals surface area contributed by atoms with Gasteiger partial charge in [-0.15, -0.1) is 0 Å². The van der Waals surface area contributed by atoms with Crippen molar-refractivity contribution in [3.8, 4) is 0 Å². The minimum atomic E-state index is -0.526. The second-order valence-electron chi connectivity index (χ2n) is 3.91. The van der Waals surface area contributed by atoms with E-state index in [1.807, 2.05) is 55.5 Å². The van der Waals surface area contributed by atoms with E-state index >= 15 is 0 Å². The minimum Gasteiger partial charge on any atom is -0.386 e. The van der Waals surface area contributed by atoms with Crippen LogP contribution in [0, 0.1) is 6.92 Å². The molecule has 0 spiro atoms. The molecule has 0 bridgehead atoms. The summed E-state index contributed by atoms with van der Waals surface area (Å²) in [5.74, 6) is 0. The molecule has 0 fully saturated rings. The van der Waals surface area contributed by atoms with E-state index in [2.05, 4.69) is 4.98 Å². The summed E-state index contributed by atoms with van der Waals surface area (Å²) in [6, 6.07) is 15.7. The molecular weight excluding hydrogens is 198 g/mol. The third-order valence-corrected chi connectivity index (χ3v) is 2.52. The van der Waals surface area contributed by atoms with Crippen molar-refractivity contribution in [2.45, 2.75) is 19.4 Å². The van der Waals surface area contributed by atoms with Crippen molar-refractivity contribution >= 4 is 0 Å². The van der Waals surface area contributed by atoms with Crippen molar-refractivity contribution < 1.29 is 5.11 Å². The number of aromatic nitrogens is 1. The summed E-state index contributed by atoms with van der Waals surface area (Å²) in [5.41, 5.74) is 2.80. The lowest BCUT2D eigenvalue weighted by Crippen LogP contribution is -2.04. The lowest BCUT2D eigenvalue weighted by Gasteiger charge is -2.10. The van der Waals surface area contributed by atoms with Crippen LogP contribution in [0.5, 0.6) is 0 Å². The molecule has 0 aliphatic carbocycles. The Kier molecular flexibility index (Phi) is 3.32. The van der Waals surface area contributed by atoms with Crippen LogP contribution in [0.15, 0.2) is 48.5 Å². The zero-order chi connectivity index (χ0) is 11.4. The van der Waals surface area contributed by atoms with Gasteiger partial charge >= 0.3 is 0 Å². The molecule has 1 heterocycles. The van der Waals surface area contributed by atoms with Gasteiger partial charge in [-0.3, -0.25) is 4.98 Å². The first-order valence-electron chi connectivity index (χ1n) is 5.41. The summed E-state index contributed by atoms with van der Waals surface area (Å²) < 4.78 is 0. The highest BCUT2D eigenvalue weighted by atomic mass is 16.3. The molecule has 1 N–H and O–H groups in total. The maximum atomic E-state index is 10.0. The van der Waals surface area contributed by atoms with Gasteiger partial charge in [-0.25, -0.2) is 0 Å². The van der Waals surface area contributed by atoms with E-state index in [-0.39, 0.29) is 0 Å². The van der Waals surface area contributed by atoms with Gasteiger partial charge in [0.2, 0.25) is 0 Å². The molecule has 2 nitrogen and oxygen atoms in total. The van der Waals surface area contributed by atoms with E-state index in [1.54, 1.807) is 0 Å². The topological polar surface area (TPSA) is 33.1 Å². The standard InChI is InChI=1S/C14H15NO/c1-11-6-5-9-13(15-11)14(16)10-12-7-3-2-4-8-12/h2-9,14,16H,10H2,1H3. The fourth-order valence-corrected chi connectivity index (χ4v) is 1.69. The molecule has 0 aliphatic rings. The third-order valence-electron chi connectivity index (χ3n) is 2.52. The Bertz CT molecular complexity index is 453. The molecule has 0 aliphatic heterocycles. The Morgan fingerprint density at radius 1 is 1.06 bits per heavy atom. The van der Waals surface area contributed by atoms with Crippen LogP contribution in [0.3, 0.4) is 0 Å². The zero-order valence-electron chi connectivity index (χ0n) is 9.30. The van der Waals surface area contributed by atoms with Crippen LogP contribution in [0.1, 0.15) is 23.1 Å². The van der Waals surface area contributed by atoms with E-state index in [0.717, 1.165) is 17.0 Å². The van der Waals surface area contributed by atoms with Crippen molar-refractivity contribution in [2.24, 2.45) is 0 Å². The van der Waals surface area contributed by atoms with E-state index in [1.165, 1.54) is 0 Å². The van der Waals surface area contributed by atoms with Crippen LogP contribution >= 0.6 is 0 Å². The van der Waals surface area contributed by atoms with Gasteiger partial charge < -0.3 is 5.11 Å². The summed E-state index contributed by atoms with van der Waals surface area (Å²) in [4.78, 5) is 4.32. The van der Waals surface area contributed by atoms with Gasteiger partial charge in [0.05, 0.1) is 11.8 Å². The summed E-state index contributed by atoms with van der Waals surface area (Å²) in [7, 11) is 0. The molecule has 2 rings (SSSR count). The van der Waals surface area contributed by atoms with Crippen molar-refractivity contribution in [1.29, 1.82) is 0 Å². The van der Waals surface area contributed by atoms with Crippen molar-refractivity contribution in [3.05, 3.63) is 65.5 Å². The Labute approximate surface area is 95.6 Å².